The molecule has 2 rings (SSSR count). The van der Waals surface area contributed by atoms with Gasteiger partial charge in [-0.2, -0.15) is 0 Å². The van der Waals surface area contributed by atoms with E-state index in [9.17, 15) is 9.18 Å². The zero-order valence-electron chi connectivity index (χ0n) is 11.7. The van der Waals surface area contributed by atoms with Crippen LogP contribution in [0.15, 0.2) is 42.5 Å². The monoisotopic (exact) mass is 273 g/mol. The van der Waals surface area contributed by atoms with Crippen molar-refractivity contribution in [2.45, 2.75) is 6.92 Å². The highest BCUT2D eigenvalue weighted by atomic mass is 19.1. The Morgan fingerprint density at radius 3 is 2.65 bits per heavy atom. The molecule has 4 heteroatoms. The van der Waals surface area contributed by atoms with Crippen molar-refractivity contribution in [3.8, 4) is 5.75 Å². The molecule has 2 aromatic rings. The number of hydrogen-bond donors (Lipinski definition) is 0. The number of methoxy groups -OCH3 is 1. The fourth-order valence-electron chi connectivity index (χ4n) is 1.92. The molecule has 0 N–H and O–H groups in total. The van der Waals surface area contributed by atoms with Crippen molar-refractivity contribution in [1.82, 2.24) is 0 Å². The third-order valence-corrected chi connectivity index (χ3v) is 3.10. The van der Waals surface area contributed by atoms with E-state index >= 15 is 0 Å². The van der Waals surface area contributed by atoms with Crippen molar-refractivity contribution in [2.24, 2.45) is 0 Å². The Morgan fingerprint density at radius 2 is 1.95 bits per heavy atom. The smallest absolute Gasteiger partial charge is 0.260 e. The maximum atomic E-state index is 13.8. The summed E-state index contributed by atoms with van der Waals surface area (Å²) in [6.45, 7) is 1.82. The topological polar surface area (TPSA) is 29.5 Å². The molecule has 0 radical (unpaired) electrons. The van der Waals surface area contributed by atoms with E-state index in [1.807, 2.05) is 6.92 Å². The van der Waals surface area contributed by atoms with Gasteiger partial charge in [0.2, 0.25) is 0 Å². The molecule has 0 fully saturated rings. The minimum Gasteiger partial charge on any atom is -0.497 e. The third kappa shape index (κ3) is 2.79. The molecule has 0 unspecified atom stereocenters. The quantitative estimate of drug-likeness (QED) is 0.857. The number of rotatable bonds is 3. The summed E-state index contributed by atoms with van der Waals surface area (Å²) < 4.78 is 18.9. The second-order valence-corrected chi connectivity index (χ2v) is 4.55. The minimum absolute atomic E-state index is 0.0651. The molecular formula is C16H16FNO2. The Kier molecular flexibility index (Phi) is 4.03. The first-order chi connectivity index (χ1) is 9.52. The van der Waals surface area contributed by atoms with Gasteiger partial charge in [-0.1, -0.05) is 17.7 Å². The predicted octanol–water partition coefficient (Wildman–Crippen LogP) is 3.42. The molecule has 0 saturated heterocycles. The fraction of sp³-hybridized carbons (Fsp3) is 0.188. The summed E-state index contributed by atoms with van der Waals surface area (Å²) in [7, 11) is 3.17. The summed E-state index contributed by atoms with van der Waals surface area (Å²) in [6, 6.07) is 11.6. The number of amides is 1. The average molecular weight is 273 g/mol. The van der Waals surface area contributed by atoms with Gasteiger partial charge in [-0.05, 0) is 31.2 Å². The van der Waals surface area contributed by atoms with E-state index in [0.717, 1.165) is 5.56 Å². The van der Waals surface area contributed by atoms with E-state index in [1.165, 1.54) is 11.0 Å². The van der Waals surface area contributed by atoms with Gasteiger partial charge in [0.1, 0.15) is 11.6 Å². The fourth-order valence-corrected chi connectivity index (χ4v) is 1.92. The number of carbonyl (C=O) groups is 1. The van der Waals surface area contributed by atoms with Gasteiger partial charge in [0.05, 0.1) is 12.7 Å². The van der Waals surface area contributed by atoms with Gasteiger partial charge in [-0.25, -0.2) is 4.39 Å². The summed E-state index contributed by atoms with van der Waals surface area (Å²) in [5.41, 5.74) is 1.55. The van der Waals surface area contributed by atoms with E-state index in [-0.39, 0.29) is 11.5 Å². The van der Waals surface area contributed by atoms with Gasteiger partial charge in [0.25, 0.3) is 5.91 Å². The summed E-state index contributed by atoms with van der Waals surface area (Å²) in [5, 5.41) is 0. The van der Waals surface area contributed by atoms with E-state index in [0.29, 0.717) is 11.4 Å². The van der Waals surface area contributed by atoms with Crippen LogP contribution in [-0.2, 0) is 0 Å². The number of nitrogens with zero attached hydrogens (tertiary/aromatic N) is 1. The van der Waals surface area contributed by atoms with Crippen LogP contribution in [0.5, 0.6) is 5.75 Å². The molecule has 0 bridgehead atoms. The highest BCUT2D eigenvalue weighted by Crippen LogP contribution is 2.22. The second kappa shape index (κ2) is 5.74. The maximum Gasteiger partial charge on any atom is 0.260 e. The third-order valence-electron chi connectivity index (χ3n) is 3.10. The van der Waals surface area contributed by atoms with Gasteiger partial charge < -0.3 is 9.64 Å². The molecule has 1 amide bonds. The van der Waals surface area contributed by atoms with Crippen LogP contribution in [0.25, 0.3) is 0 Å². The molecule has 0 atom stereocenters. The summed E-state index contributed by atoms with van der Waals surface area (Å²) in [4.78, 5) is 13.8. The molecule has 3 nitrogen and oxygen atoms in total. The largest absolute Gasteiger partial charge is 0.497 e. The predicted molar refractivity (Wildman–Crippen MR) is 76.9 cm³/mol. The van der Waals surface area contributed by atoms with Crippen molar-refractivity contribution in [2.75, 3.05) is 19.1 Å². The number of carbonyl (C=O) groups excluding carboxylic acids is 1. The van der Waals surface area contributed by atoms with Gasteiger partial charge in [-0.3, -0.25) is 4.79 Å². The Morgan fingerprint density at radius 1 is 1.20 bits per heavy atom. The Bertz CT molecular complexity index is 640. The van der Waals surface area contributed by atoms with Crippen molar-refractivity contribution in [3.05, 3.63) is 59.4 Å². The molecule has 0 spiro atoms. The number of anilines is 1. The highest BCUT2D eigenvalue weighted by molar-refractivity contribution is 6.06. The van der Waals surface area contributed by atoms with Crippen LogP contribution >= 0.6 is 0 Å². The summed E-state index contributed by atoms with van der Waals surface area (Å²) in [5.74, 6) is -0.262. The number of aryl methyl sites for hydroxylation is 1. The first kappa shape index (κ1) is 14.1. The molecule has 20 heavy (non-hydrogen) atoms. The van der Waals surface area contributed by atoms with Crippen LogP contribution in [0.2, 0.25) is 0 Å². The zero-order chi connectivity index (χ0) is 14.7. The van der Waals surface area contributed by atoms with Crippen LogP contribution in [0.3, 0.4) is 0 Å². The molecule has 0 saturated carbocycles. The van der Waals surface area contributed by atoms with Crippen LogP contribution in [0.1, 0.15) is 15.9 Å². The molecule has 104 valence electrons. The molecule has 0 heterocycles. The molecule has 2 aromatic carbocycles. The number of benzene rings is 2. The van der Waals surface area contributed by atoms with E-state index < -0.39 is 5.82 Å². The Labute approximate surface area is 117 Å². The maximum absolute atomic E-state index is 13.8. The molecule has 0 aliphatic rings. The van der Waals surface area contributed by atoms with E-state index in [2.05, 4.69) is 0 Å². The Hall–Kier alpha value is -2.36. The number of halogens is 1. The molecular weight excluding hydrogens is 257 g/mol. The molecule has 0 aromatic heterocycles. The first-order valence-corrected chi connectivity index (χ1v) is 6.21. The number of ether oxygens (including phenoxy) is 1. The van der Waals surface area contributed by atoms with Crippen molar-refractivity contribution >= 4 is 11.6 Å². The van der Waals surface area contributed by atoms with Crippen molar-refractivity contribution in [1.29, 1.82) is 0 Å². The highest BCUT2D eigenvalue weighted by Gasteiger charge is 2.17. The summed E-state index contributed by atoms with van der Waals surface area (Å²) >= 11 is 0. The lowest BCUT2D eigenvalue weighted by atomic mass is 10.1. The van der Waals surface area contributed by atoms with Crippen LogP contribution in [0, 0.1) is 12.7 Å². The lowest BCUT2D eigenvalue weighted by Gasteiger charge is -2.18. The van der Waals surface area contributed by atoms with Crippen molar-refractivity contribution < 1.29 is 13.9 Å². The summed E-state index contributed by atoms with van der Waals surface area (Å²) in [6.07, 6.45) is 0. The first-order valence-electron chi connectivity index (χ1n) is 6.21. The molecule has 0 aliphatic heterocycles. The lowest BCUT2D eigenvalue weighted by Crippen LogP contribution is -2.27. The Balaban J connectivity index is 2.34. The van der Waals surface area contributed by atoms with Crippen LogP contribution in [-0.4, -0.2) is 20.1 Å². The standard InChI is InChI=1S/C16H16FNO2/c1-11-7-8-15(17)14(9-11)16(19)18(2)12-5-4-6-13(10-12)20-3/h4-10H,1-3H3. The van der Waals surface area contributed by atoms with Gasteiger partial charge in [0, 0.05) is 18.8 Å². The second-order valence-electron chi connectivity index (χ2n) is 4.55. The zero-order valence-corrected chi connectivity index (χ0v) is 11.7. The van der Waals surface area contributed by atoms with Gasteiger partial charge in [0.15, 0.2) is 0 Å². The van der Waals surface area contributed by atoms with Gasteiger partial charge in [-0.15, -0.1) is 0 Å². The normalized spacial score (nSPS) is 10.2. The number of hydrogen-bond acceptors (Lipinski definition) is 2. The molecule has 0 aliphatic carbocycles. The van der Waals surface area contributed by atoms with Gasteiger partial charge >= 0.3 is 0 Å². The van der Waals surface area contributed by atoms with E-state index in [1.54, 1.807) is 50.6 Å². The van der Waals surface area contributed by atoms with Crippen LogP contribution < -0.4 is 9.64 Å². The van der Waals surface area contributed by atoms with Crippen LogP contribution in [0.4, 0.5) is 10.1 Å². The minimum atomic E-state index is -0.518. The van der Waals surface area contributed by atoms with Crippen molar-refractivity contribution in [3.63, 3.8) is 0 Å². The average Bonchev–Trinajstić information content (AvgIpc) is 2.48. The lowest BCUT2D eigenvalue weighted by molar-refractivity contribution is 0.0989. The van der Waals surface area contributed by atoms with E-state index in [4.69, 9.17) is 4.74 Å². The SMILES string of the molecule is COc1cccc(N(C)C(=O)c2cc(C)ccc2F)c1.